The number of sulfonamides is 1. The number of hydrogen-bond acceptors (Lipinski definition) is 3. The third-order valence-electron chi connectivity index (χ3n) is 2.87. The van der Waals surface area contributed by atoms with Gasteiger partial charge in [-0.3, -0.25) is 0 Å². The largest absolute Gasteiger partial charge is 0.380 e. The summed E-state index contributed by atoms with van der Waals surface area (Å²) < 4.78 is 27.3. The molecule has 0 aliphatic heterocycles. The third kappa shape index (κ3) is 2.42. The van der Waals surface area contributed by atoms with Gasteiger partial charge in [-0.25, -0.2) is 13.6 Å². The molecule has 0 unspecified atom stereocenters. The monoisotopic (exact) mass is 207 g/mol. The summed E-state index contributed by atoms with van der Waals surface area (Å²) in [6.45, 7) is 1.61. The van der Waals surface area contributed by atoms with Gasteiger partial charge in [0.2, 0.25) is 10.0 Å². The van der Waals surface area contributed by atoms with Crippen molar-refractivity contribution in [3.63, 3.8) is 0 Å². The zero-order chi connectivity index (χ0) is 10.1. The number of ether oxygens (including phenoxy) is 1. The van der Waals surface area contributed by atoms with Gasteiger partial charge in [0.25, 0.3) is 0 Å². The summed E-state index contributed by atoms with van der Waals surface area (Å²) in [7, 11) is -1.91. The van der Waals surface area contributed by atoms with Crippen LogP contribution < -0.4 is 5.14 Å². The first-order valence-electron chi connectivity index (χ1n) is 4.51. The van der Waals surface area contributed by atoms with Crippen LogP contribution in [0.2, 0.25) is 0 Å². The van der Waals surface area contributed by atoms with E-state index in [2.05, 4.69) is 0 Å². The lowest BCUT2D eigenvalue weighted by atomic mass is 9.80. The molecule has 0 amide bonds. The molecule has 2 N–H and O–H groups in total. The summed E-state index contributed by atoms with van der Waals surface area (Å²) in [5.74, 6) is 0.373. The lowest BCUT2D eigenvalue weighted by Crippen LogP contribution is -2.43. The van der Waals surface area contributed by atoms with Crippen molar-refractivity contribution in [3.05, 3.63) is 0 Å². The highest BCUT2D eigenvalue weighted by atomic mass is 32.2. The molecule has 13 heavy (non-hydrogen) atoms. The fourth-order valence-corrected chi connectivity index (χ4v) is 2.43. The molecule has 1 aliphatic carbocycles. The predicted octanol–water partition coefficient (Wildman–Crippen LogP) is 0.479. The van der Waals surface area contributed by atoms with Gasteiger partial charge in [-0.05, 0) is 25.7 Å². The van der Waals surface area contributed by atoms with Gasteiger partial charge in [-0.1, -0.05) is 6.42 Å². The molecule has 1 rings (SSSR count). The highest BCUT2D eigenvalue weighted by molar-refractivity contribution is 7.89. The van der Waals surface area contributed by atoms with Crippen molar-refractivity contribution < 1.29 is 13.2 Å². The normalized spacial score (nSPS) is 23.6. The molecular weight excluding hydrogens is 190 g/mol. The summed E-state index contributed by atoms with van der Waals surface area (Å²) >= 11 is 0. The summed E-state index contributed by atoms with van der Waals surface area (Å²) in [6, 6.07) is 0. The number of rotatable bonds is 4. The molecule has 0 bridgehead atoms. The molecule has 1 aliphatic rings. The van der Waals surface area contributed by atoms with Crippen LogP contribution in [0.15, 0.2) is 0 Å². The van der Waals surface area contributed by atoms with Gasteiger partial charge in [0, 0.05) is 7.11 Å². The second kappa shape index (κ2) is 3.94. The van der Waals surface area contributed by atoms with Crippen LogP contribution in [-0.4, -0.2) is 26.9 Å². The smallest absolute Gasteiger partial charge is 0.214 e. The van der Waals surface area contributed by atoms with Crippen molar-refractivity contribution in [2.45, 2.75) is 37.5 Å². The summed E-state index contributed by atoms with van der Waals surface area (Å²) in [5, 5.41) is 4.47. The Balaban J connectivity index is 2.65. The standard InChI is InChI=1S/C8H17NO3S/c1-6(13(9,10)11)8(12-2)7-4-3-5-7/h6-8H,3-5H2,1-2H3,(H2,9,10,11)/t6-,8-/m1/s1. The maximum absolute atomic E-state index is 11.1. The molecule has 4 nitrogen and oxygen atoms in total. The fraction of sp³-hybridized carbons (Fsp3) is 1.00. The van der Waals surface area contributed by atoms with Crippen LogP contribution >= 0.6 is 0 Å². The van der Waals surface area contributed by atoms with Gasteiger partial charge in [0.05, 0.1) is 11.4 Å². The molecule has 1 fully saturated rings. The minimum atomic E-state index is -3.46. The Morgan fingerprint density at radius 2 is 2.00 bits per heavy atom. The highest BCUT2D eigenvalue weighted by Crippen LogP contribution is 2.33. The molecule has 0 spiro atoms. The first kappa shape index (κ1) is 10.9. The molecule has 5 heteroatoms. The second-order valence-electron chi connectivity index (χ2n) is 3.69. The van der Waals surface area contributed by atoms with Crippen molar-refractivity contribution in [3.8, 4) is 0 Å². The number of nitrogens with two attached hydrogens (primary N) is 1. The molecule has 0 heterocycles. The van der Waals surface area contributed by atoms with Gasteiger partial charge in [-0.15, -0.1) is 0 Å². The van der Waals surface area contributed by atoms with E-state index >= 15 is 0 Å². The first-order valence-corrected chi connectivity index (χ1v) is 6.12. The summed E-state index contributed by atoms with van der Waals surface area (Å²) in [4.78, 5) is 0. The van der Waals surface area contributed by atoms with E-state index < -0.39 is 15.3 Å². The lowest BCUT2D eigenvalue weighted by molar-refractivity contribution is 0.0193. The molecule has 78 valence electrons. The van der Waals surface area contributed by atoms with Crippen LogP contribution in [0.3, 0.4) is 0 Å². The van der Waals surface area contributed by atoms with E-state index in [1.165, 1.54) is 6.42 Å². The summed E-state index contributed by atoms with van der Waals surface area (Å²) in [6.07, 6.45) is 3.04. The highest BCUT2D eigenvalue weighted by Gasteiger charge is 2.36. The molecule has 0 saturated heterocycles. The number of primary sulfonamides is 1. The summed E-state index contributed by atoms with van der Waals surface area (Å²) in [5.41, 5.74) is 0. The maximum atomic E-state index is 11.1. The fourth-order valence-electron chi connectivity index (χ4n) is 1.72. The van der Waals surface area contributed by atoms with Gasteiger partial charge in [-0.2, -0.15) is 0 Å². The number of hydrogen-bond donors (Lipinski definition) is 1. The van der Waals surface area contributed by atoms with E-state index in [4.69, 9.17) is 9.88 Å². The molecule has 2 atom stereocenters. The molecule has 0 aromatic rings. The minimum absolute atomic E-state index is 0.233. The van der Waals surface area contributed by atoms with Crippen LogP contribution in [0.5, 0.6) is 0 Å². The van der Waals surface area contributed by atoms with Gasteiger partial charge in [0.15, 0.2) is 0 Å². The van der Waals surface area contributed by atoms with Gasteiger partial charge in [0.1, 0.15) is 0 Å². The van der Waals surface area contributed by atoms with E-state index in [1.807, 2.05) is 0 Å². The molecular formula is C8H17NO3S. The average Bonchev–Trinajstić information content (AvgIpc) is 1.93. The predicted molar refractivity (Wildman–Crippen MR) is 50.7 cm³/mol. The maximum Gasteiger partial charge on any atom is 0.214 e. The van der Waals surface area contributed by atoms with E-state index in [1.54, 1.807) is 14.0 Å². The lowest BCUT2D eigenvalue weighted by Gasteiger charge is -2.35. The molecule has 1 saturated carbocycles. The van der Waals surface area contributed by atoms with E-state index in [0.29, 0.717) is 5.92 Å². The molecule has 0 aromatic carbocycles. The van der Waals surface area contributed by atoms with E-state index in [0.717, 1.165) is 12.8 Å². The van der Waals surface area contributed by atoms with Crippen LogP contribution in [0.4, 0.5) is 0 Å². The number of methoxy groups -OCH3 is 1. The Morgan fingerprint density at radius 3 is 2.23 bits per heavy atom. The zero-order valence-corrected chi connectivity index (χ0v) is 8.88. The van der Waals surface area contributed by atoms with Crippen LogP contribution in [-0.2, 0) is 14.8 Å². The zero-order valence-electron chi connectivity index (χ0n) is 8.06. The Morgan fingerprint density at radius 1 is 1.46 bits per heavy atom. The van der Waals surface area contributed by atoms with Crippen LogP contribution in [0, 0.1) is 5.92 Å². The van der Waals surface area contributed by atoms with E-state index in [-0.39, 0.29) is 6.10 Å². The minimum Gasteiger partial charge on any atom is -0.380 e. The SMILES string of the molecule is CO[C@@H](C1CCC1)[C@@H](C)S(N)(=O)=O. The topological polar surface area (TPSA) is 69.4 Å². The van der Waals surface area contributed by atoms with Crippen LogP contribution in [0.1, 0.15) is 26.2 Å². The van der Waals surface area contributed by atoms with Crippen molar-refractivity contribution in [1.29, 1.82) is 0 Å². The van der Waals surface area contributed by atoms with Crippen molar-refractivity contribution >= 4 is 10.0 Å². The van der Waals surface area contributed by atoms with Crippen molar-refractivity contribution in [1.82, 2.24) is 0 Å². The second-order valence-corrected chi connectivity index (χ2v) is 5.61. The molecule has 0 aromatic heterocycles. The molecule has 0 radical (unpaired) electrons. The quantitative estimate of drug-likeness (QED) is 0.729. The third-order valence-corrected chi connectivity index (χ3v) is 4.17. The first-order chi connectivity index (χ1) is 5.96. The Labute approximate surface area is 79.5 Å². The van der Waals surface area contributed by atoms with Crippen molar-refractivity contribution in [2.24, 2.45) is 11.1 Å². The Hall–Kier alpha value is -0.130. The van der Waals surface area contributed by atoms with Gasteiger partial charge < -0.3 is 4.74 Å². The van der Waals surface area contributed by atoms with Crippen molar-refractivity contribution in [2.75, 3.05) is 7.11 Å². The van der Waals surface area contributed by atoms with Crippen LogP contribution in [0.25, 0.3) is 0 Å². The average molecular weight is 207 g/mol. The Bertz CT molecular complexity index is 259. The van der Waals surface area contributed by atoms with Gasteiger partial charge >= 0.3 is 0 Å². The van der Waals surface area contributed by atoms with E-state index in [9.17, 15) is 8.42 Å². The Kier molecular flexibility index (Phi) is 3.32.